The van der Waals surface area contributed by atoms with E-state index in [0.29, 0.717) is 6.61 Å². The Kier molecular flexibility index (Phi) is 2.45. The maximum atomic E-state index is 5.57. The molecule has 0 radical (unpaired) electrons. The van der Waals surface area contributed by atoms with Crippen LogP contribution in [0.3, 0.4) is 0 Å². The molecule has 1 aliphatic rings. The monoisotopic (exact) mass is 160 g/mol. The van der Waals surface area contributed by atoms with Gasteiger partial charge in [0.15, 0.2) is 5.09 Å². The Morgan fingerprint density at radius 3 is 2.90 bits per heavy atom. The highest BCUT2D eigenvalue weighted by molar-refractivity contribution is 8.03. The summed E-state index contributed by atoms with van der Waals surface area (Å²) in [7, 11) is 0. The highest BCUT2D eigenvalue weighted by atomic mass is 32.2. The number of nitrogens with two attached hydrogens (primary N) is 1. The Morgan fingerprint density at radius 2 is 2.50 bits per heavy atom. The summed E-state index contributed by atoms with van der Waals surface area (Å²) >= 11 is 1.64. The summed E-state index contributed by atoms with van der Waals surface area (Å²) in [6.45, 7) is 4.65. The normalized spacial score (nSPS) is 18.5. The lowest BCUT2D eigenvalue weighted by molar-refractivity contribution is 0.247. The van der Waals surface area contributed by atoms with Gasteiger partial charge in [-0.1, -0.05) is 11.8 Å². The number of hydrogen-bond acceptors (Lipinski definition) is 4. The van der Waals surface area contributed by atoms with Crippen LogP contribution in [0, 0.1) is 0 Å². The van der Waals surface area contributed by atoms with E-state index in [4.69, 9.17) is 10.6 Å². The highest BCUT2D eigenvalue weighted by Crippen LogP contribution is 2.29. The molecule has 0 fully saturated rings. The Hall–Kier alpha value is -0.350. The van der Waals surface area contributed by atoms with Gasteiger partial charge in [0.05, 0.1) is 18.2 Å². The van der Waals surface area contributed by atoms with Crippen molar-refractivity contribution < 1.29 is 4.74 Å². The molecule has 0 aliphatic carbocycles. The number of allylic oxidation sites excluding steroid dienone is 1. The van der Waals surface area contributed by atoms with Gasteiger partial charge in [-0.25, -0.2) is 5.84 Å². The molecule has 0 saturated carbocycles. The molecule has 1 heterocycles. The number of hydrogen-bond donors (Lipinski definition) is 1. The van der Waals surface area contributed by atoms with Gasteiger partial charge in [-0.15, -0.1) is 0 Å². The van der Waals surface area contributed by atoms with Crippen molar-refractivity contribution in [1.29, 1.82) is 0 Å². The second-order valence-electron chi connectivity index (χ2n) is 2.05. The summed E-state index contributed by atoms with van der Waals surface area (Å²) in [4.78, 5) is 0. The number of ether oxygens (including phenoxy) is 1. The summed E-state index contributed by atoms with van der Waals surface area (Å²) < 4.78 is 5.31. The molecule has 0 spiro atoms. The Balaban J connectivity index is 2.56. The lowest BCUT2D eigenvalue weighted by Gasteiger charge is -2.08. The van der Waals surface area contributed by atoms with Crippen molar-refractivity contribution in [3.05, 3.63) is 10.8 Å². The summed E-state index contributed by atoms with van der Waals surface area (Å²) in [5.41, 5.74) is 1.03. The van der Waals surface area contributed by atoms with Crippen molar-refractivity contribution in [2.75, 3.05) is 12.5 Å². The van der Waals surface area contributed by atoms with Crippen molar-refractivity contribution in [3.63, 3.8) is 0 Å². The van der Waals surface area contributed by atoms with Crippen LogP contribution in [0.4, 0.5) is 0 Å². The first-order valence-corrected chi connectivity index (χ1v) is 4.23. The van der Waals surface area contributed by atoms with Crippen molar-refractivity contribution in [3.8, 4) is 0 Å². The molecule has 4 heteroatoms. The van der Waals surface area contributed by atoms with Gasteiger partial charge >= 0.3 is 0 Å². The third kappa shape index (κ3) is 1.38. The topological polar surface area (TPSA) is 38.5 Å². The summed E-state index contributed by atoms with van der Waals surface area (Å²) in [5.74, 6) is 6.38. The van der Waals surface area contributed by atoms with E-state index in [1.54, 1.807) is 16.8 Å². The molecular weight excluding hydrogens is 148 g/mol. The second kappa shape index (κ2) is 3.16. The molecule has 0 aromatic heterocycles. The average Bonchev–Trinajstić information content (AvgIpc) is 2.20. The molecule has 0 saturated heterocycles. The van der Waals surface area contributed by atoms with Gasteiger partial charge in [0, 0.05) is 0 Å². The van der Waals surface area contributed by atoms with Crippen molar-refractivity contribution in [1.82, 2.24) is 5.01 Å². The van der Waals surface area contributed by atoms with Gasteiger partial charge in [-0.2, -0.15) is 0 Å². The SMILES string of the molecule is CCOC1=C(C)N(N)CS1. The maximum Gasteiger partial charge on any atom is 0.175 e. The second-order valence-corrected chi connectivity index (χ2v) is 2.97. The maximum absolute atomic E-state index is 5.57. The molecule has 0 atom stereocenters. The summed E-state index contributed by atoms with van der Waals surface area (Å²) in [6.07, 6.45) is 0. The van der Waals surface area contributed by atoms with E-state index in [1.807, 2.05) is 13.8 Å². The van der Waals surface area contributed by atoms with E-state index >= 15 is 0 Å². The molecule has 0 bridgehead atoms. The van der Waals surface area contributed by atoms with Crippen LogP contribution in [0.25, 0.3) is 0 Å². The molecule has 1 rings (SSSR count). The molecule has 0 unspecified atom stereocenters. The average molecular weight is 160 g/mol. The predicted molar refractivity (Wildman–Crippen MR) is 42.8 cm³/mol. The molecule has 2 N–H and O–H groups in total. The number of rotatable bonds is 2. The zero-order valence-corrected chi connectivity index (χ0v) is 7.07. The van der Waals surface area contributed by atoms with Crippen LogP contribution in [-0.2, 0) is 4.74 Å². The summed E-state index contributed by atoms with van der Waals surface area (Å²) in [5, 5.41) is 2.65. The zero-order valence-electron chi connectivity index (χ0n) is 6.26. The van der Waals surface area contributed by atoms with Crippen LogP contribution in [0.1, 0.15) is 13.8 Å². The van der Waals surface area contributed by atoms with Gasteiger partial charge in [0.2, 0.25) is 0 Å². The number of thioether (sulfide) groups is 1. The molecule has 0 aromatic rings. The van der Waals surface area contributed by atoms with Gasteiger partial charge in [0.25, 0.3) is 0 Å². The van der Waals surface area contributed by atoms with Gasteiger partial charge < -0.3 is 9.75 Å². The Bertz CT molecular complexity index is 158. The lowest BCUT2D eigenvalue weighted by Crippen LogP contribution is -2.25. The molecule has 0 aromatic carbocycles. The first-order chi connectivity index (χ1) is 4.75. The van der Waals surface area contributed by atoms with E-state index in [0.717, 1.165) is 16.7 Å². The van der Waals surface area contributed by atoms with Gasteiger partial charge in [-0.05, 0) is 13.8 Å². The largest absolute Gasteiger partial charge is 0.486 e. The smallest absolute Gasteiger partial charge is 0.175 e. The van der Waals surface area contributed by atoms with Crippen LogP contribution in [-0.4, -0.2) is 17.5 Å². The minimum absolute atomic E-state index is 0.716. The van der Waals surface area contributed by atoms with Crippen LogP contribution in [0.15, 0.2) is 10.8 Å². The zero-order chi connectivity index (χ0) is 7.56. The van der Waals surface area contributed by atoms with E-state index in [1.165, 1.54) is 0 Å². The fourth-order valence-electron chi connectivity index (χ4n) is 0.724. The molecule has 10 heavy (non-hydrogen) atoms. The van der Waals surface area contributed by atoms with E-state index in [9.17, 15) is 0 Å². The Labute approximate surface area is 65.2 Å². The van der Waals surface area contributed by atoms with Crippen molar-refractivity contribution in [2.45, 2.75) is 13.8 Å². The quantitative estimate of drug-likeness (QED) is 0.614. The summed E-state index contributed by atoms with van der Waals surface area (Å²) in [6, 6.07) is 0. The minimum atomic E-state index is 0.716. The minimum Gasteiger partial charge on any atom is -0.486 e. The predicted octanol–water partition coefficient (Wildman–Crippen LogP) is 1.09. The fourth-order valence-corrected chi connectivity index (χ4v) is 1.70. The molecular formula is C6H12N2OS. The van der Waals surface area contributed by atoms with Crippen LogP contribution in [0.5, 0.6) is 0 Å². The first kappa shape index (κ1) is 7.75. The lowest BCUT2D eigenvalue weighted by atomic mass is 10.5. The van der Waals surface area contributed by atoms with Crippen LogP contribution < -0.4 is 5.84 Å². The molecule has 1 aliphatic heterocycles. The number of hydrazine groups is 1. The standard InChI is InChI=1S/C6H12N2OS/c1-3-9-6-5(2)8(7)4-10-6/h3-4,7H2,1-2H3. The number of nitrogens with zero attached hydrogens (tertiary/aromatic N) is 1. The molecule has 3 nitrogen and oxygen atoms in total. The van der Waals surface area contributed by atoms with Gasteiger partial charge in [0.1, 0.15) is 0 Å². The molecule has 0 amide bonds. The van der Waals surface area contributed by atoms with Crippen LogP contribution in [0.2, 0.25) is 0 Å². The van der Waals surface area contributed by atoms with Crippen molar-refractivity contribution in [2.24, 2.45) is 5.84 Å². The van der Waals surface area contributed by atoms with E-state index in [2.05, 4.69) is 0 Å². The Morgan fingerprint density at radius 1 is 1.80 bits per heavy atom. The first-order valence-electron chi connectivity index (χ1n) is 3.24. The third-order valence-electron chi connectivity index (χ3n) is 1.34. The van der Waals surface area contributed by atoms with Crippen LogP contribution >= 0.6 is 11.8 Å². The van der Waals surface area contributed by atoms with E-state index in [-0.39, 0.29) is 0 Å². The highest BCUT2D eigenvalue weighted by Gasteiger charge is 2.17. The van der Waals surface area contributed by atoms with Crippen molar-refractivity contribution >= 4 is 11.8 Å². The fraction of sp³-hybridized carbons (Fsp3) is 0.667. The molecule has 58 valence electrons. The van der Waals surface area contributed by atoms with Gasteiger partial charge in [-0.3, -0.25) is 0 Å². The van der Waals surface area contributed by atoms with E-state index < -0.39 is 0 Å². The third-order valence-corrected chi connectivity index (χ3v) is 2.42.